The van der Waals surface area contributed by atoms with E-state index in [4.69, 9.17) is 0 Å². The van der Waals surface area contributed by atoms with Crippen molar-refractivity contribution in [1.82, 2.24) is 9.88 Å². The van der Waals surface area contributed by atoms with E-state index in [9.17, 15) is 10.1 Å². The van der Waals surface area contributed by atoms with Crippen molar-refractivity contribution in [2.45, 2.75) is 18.9 Å². The van der Waals surface area contributed by atoms with Gasteiger partial charge < -0.3 is 0 Å². The fourth-order valence-corrected chi connectivity index (χ4v) is 2.81. The quantitative estimate of drug-likeness (QED) is 0.639. The van der Waals surface area contributed by atoms with Gasteiger partial charge in [0.05, 0.1) is 4.92 Å². The van der Waals surface area contributed by atoms with Crippen LogP contribution in [0, 0.1) is 10.1 Å². The van der Waals surface area contributed by atoms with Gasteiger partial charge in [0.25, 0.3) is 5.69 Å². The lowest BCUT2D eigenvalue weighted by atomic mass is 10.0. The summed E-state index contributed by atoms with van der Waals surface area (Å²) in [7, 11) is 0. The molecule has 0 N–H and O–H groups in total. The van der Waals surface area contributed by atoms with Gasteiger partial charge in [-0.05, 0) is 24.6 Å². The third-order valence-corrected chi connectivity index (χ3v) is 3.92. The maximum Gasteiger partial charge on any atom is 0.287 e. The molecule has 5 nitrogen and oxygen atoms in total. The molecule has 0 bridgehead atoms. The fourth-order valence-electron chi connectivity index (χ4n) is 2.81. The van der Waals surface area contributed by atoms with Crippen LogP contribution in [0.1, 0.15) is 23.6 Å². The van der Waals surface area contributed by atoms with E-state index in [1.54, 1.807) is 12.1 Å². The number of hydrogen-bond acceptors (Lipinski definition) is 4. The molecular formula is C16H17N3O2. The van der Waals surface area contributed by atoms with Crippen molar-refractivity contribution in [3.05, 3.63) is 70.0 Å². The lowest BCUT2D eigenvalue weighted by Gasteiger charge is -2.15. The first-order valence-corrected chi connectivity index (χ1v) is 7.09. The molecule has 21 heavy (non-hydrogen) atoms. The molecule has 1 aliphatic rings. The van der Waals surface area contributed by atoms with E-state index in [1.807, 2.05) is 6.07 Å². The van der Waals surface area contributed by atoms with Gasteiger partial charge >= 0.3 is 0 Å². The molecule has 1 atom stereocenters. The van der Waals surface area contributed by atoms with Crippen molar-refractivity contribution in [3.63, 3.8) is 0 Å². The third kappa shape index (κ3) is 3.25. The summed E-state index contributed by atoms with van der Waals surface area (Å²) in [5.41, 5.74) is 2.32. The van der Waals surface area contributed by atoms with E-state index < -0.39 is 4.92 Å². The average molecular weight is 283 g/mol. The smallest absolute Gasteiger partial charge is 0.287 e. The second-order valence-electron chi connectivity index (χ2n) is 5.40. The van der Waals surface area contributed by atoms with Crippen LogP contribution in [0.25, 0.3) is 0 Å². The largest absolute Gasteiger partial charge is 0.298 e. The molecule has 1 aromatic heterocycles. The SMILES string of the molecule is O=[N+]([O-])c1ccc([C@H]2CCN(Cc3ccccc3)C2)nc1. The van der Waals surface area contributed by atoms with Gasteiger partial charge in [-0.25, -0.2) is 0 Å². The van der Waals surface area contributed by atoms with Crippen molar-refractivity contribution in [1.29, 1.82) is 0 Å². The second kappa shape index (κ2) is 6.01. The molecule has 0 saturated carbocycles. The number of aromatic nitrogens is 1. The Labute approximate surface area is 123 Å². The van der Waals surface area contributed by atoms with Crippen LogP contribution in [0.2, 0.25) is 0 Å². The molecule has 1 saturated heterocycles. The lowest BCUT2D eigenvalue weighted by molar-refractivity contribution is -0.385. The van der Waals surface area contributed by atoms with Gasteiger partial charge in [-0.1, -0.05) is 30.3 Å². The van der Waals surface area contributed by atoms with Gasteiger partial charge in [-0.15, -0.1) is 0 Å². The number of rotatable bonds is 4. The molecule has 5 heteroatoms. The van der Waals surface area contributed by atoms with Crippen molar-refractivity contribution in [2.24, 2.45) is 0 Å². The summed E-state index contributed by atoms with van der Waals surface area (Å²) in [6.45, 7) is 2.95. The van der Waals surface area contributed by atoms with E-state index in [0.29, 0.717) is 5.92 Å². The van der Waals surface area contributed by atoms with Gasteiger partial charge in [0, 0.05) is 30.8 Å². The normalized spacial score (nSPS) is 18.8. The first-order valence-electron chi connectivity index (χ1n) is 7.09. The van der Waals surface area contributed by atoms with Crippen LogP contribution in [0.4, 0.5) is 5.69 Å². The minimum atomic E-state index is -0.410. The topological polar surface area (TPSA) is 59.3 Å². The molecule has 0 amide bonds. The molecule has 108 valence electrons. The molecule has 2 aromatic rings. The van der Waals surface area contributed by atoms with E-state index >= 15 is 0 Å². The van der Waals surface area contributed by atoms with E-state index in [0.717, 1.165) is 31.7 Å². The predicted octanol–water partition coefficient (Wildman–Crippen LogP) is 2.98. The van der Waals surface area contributed by atoms with Gasteiger partial charge in [-0.2, -0.15) is 0 Å². The maximum atomic E-state index is 10.6. The highest BCUT2D eigenvalue weighted by atomic mass is 16.6. The molecule has 0 aliphatic carbocycles. The number of nitrogens with zero attached hydrogens (tertiary/aromatic N) is 3. The standard InChI is InChI=1S/C16H17N3O2/c20-19(21)15-6-7-16(17-10-15)14-8-9-18(12-14)11-13-4-2-1-3-5-13/h1-7,10,14H,8-9,11-12H2/t14-/m0/s1. The number of pyridine rings is 1. The molecule has 0 spiro atoms. The fraction of sp³-hybridized carbons (Fsp3) is 0.312. The summed E-state index contributed by atoms with van der Waals surface area (Å²) in [6, 6.07) is 13.7. The van der Waals surface area contributed by atoms with Crippen LogP contribution in [0.15, 0.2) is 48.7 Å². The number of likely N-dealkylation sites (tertiary alicyclic amines) is 1. The van der Waals surface area contributed by atoms with Crippen LogP contribution in [0.5, 0.6) is 0 Å². The zero-order valence-corrected chi connectivity index (χ0v) is 11.7. The molecule has 0 unspecified atom stereocenters. The van der Waals surface area contributed by atoms with E-state index in [1.165, 1.54) is 11.8 Å². The Hall–Kier alpha value is -2.27. The second-order valence-corrected chi connectivity index (χ2v) is 5.40. The molecular weight excluding hydrogens is 266 g/mol. The lowest BCUT2D eigenvalue weighted by Crippen LogP contribution is -2.19. The Morgan fingerprint density at radius 3 is 2.71 bits per heavy atom. The maximum absolute atomic E-state index is 10.6. The summed E-state index contributed by atoms with van der Waals surface area (Å²) in [4.78, 5) is 16.9. The summed E-state index contributed by atoms with van der Waals surface area (Å²) in [6.07, 6.45) is 2.41. The first-order chi connectivity index (χ1) is 10.2. The molecule has 1 fully saturated rings. The Balaban J connectivity index is 1.62. The summed E-state index contributed by atoms with van der Waals surface area (Å²) in [5.74, 6) is 0.370. The number of benzene rings is 1. The Bertz CT molecular complexity index is 613. The van der Waals surface area contributed by atoms with Crippen LogP contribution in [0.3, 0.4) is 0 Å². The highest BCUT2D eigenvalue weighted by Gasteiger charge is 2.25. The Morgan fingerprint density at radius 2 is 2.05 bits per heavy atom. The summed E-state index contributed by atoms with van der Waals surface area (Å²) >= 11 is 0. The Kier molecular flexibility index (Phi) is 3.92. The summed E-state index contributed by atoms with van der Waals surface area (Å²) in [5, 5.41) is 10.6. The van der Waals surface area contributed by atoms with Crippen LogP contribution >= 0.6 is 0 Å². The average Bonchev–Trinajstić information content (AvgIpc) is 2.97. The van der Waals surface area contributed by atoms with Crippen LogP contribution < -0.4 is 0 Å². The van der Waals surface area contributed by atoms with Crippen molar-refractivity contribution in [2.75, 3.05) is 13.1 Å². The van der Waals surface area contributed by atoms with Crippen molar-refractivity contribution >= 4 is 5.69 Å². The molecule has 3 rings (SSSR count). The third-order valence-electron chi connectivity index (χ3n) is 3.92. The number of nitro groups is 1. The van der Waals surface area contributed by atoms with Crippen molar-refractivity contribution < 1.29 is 4.92 Å². The Morgan fingerprint density at radius 1 is 1.24 bits per heavy atom. The van der Waals surface area contributed by atoms with Crippen molar-refractivity contribution in [3.8, 4) is 0 Å². The molecule has 2 heterocycles. The molecule has 0 radical (unpaired) electrons. The first kappa shape index (κ1) is 13.7. The van der Waals surface area contributed by atoms with Gasteiger partial charge in [0.15, 0.2) is 0 Å². The zero-order chi connectivity index (χ0) is 14.7. The molecule has 1 aromatic carbocycles. The molecule has 1 aliphatic heterocycles. The van der Waals surface area contributed by atoms with E-state index in [-0.39, 0.29) is 5.69 Å². The highest BCUT2D eigenvalue weighted by Crippen LogP contribution is 2.27. The van der Waals surface area contributed by atoms with E-state index in [2.05, 4.69) is 34.1 Å². The van der Waals surface area contributed by atoms with Gasteiger partial charge in [0.2, 0.25) is 0 Å². The van der Waals surface area contributed by atoms with Crippen LogP contribution in [-0.4, -0.2) is 27.9 Å². The summed E-state index contributed by atoms with van der Waals surface area (Å²) < 4.78 is 0. The predicted molar refractivity (Wildman–Crippen MR) is 80.0 cm³/mol. The highest BCUT2D eigenvalue weighted by molar-refractivity contribution is 5.28. The minimum Gasteiger partial charge on any atom is -0.298 e. The zero-order valence-electron chi connectivity index (χ0n) is 11.7. The minimum absolute atomic E-state index is 0.0536. The van der Waals surface area contributed by atoms with Gasteiger partial charge in [-0.3, -0.25) is 20.0 Å². The van der Waals surface area contributed by atoms with Gasteiger partial charge in [0.1, 0.15) is 6.20 Å². The monoisotopic (exact) mass is 283 g/mol. The number of hydrogen-bond donors (Lipinski definition) is 0. The van der Waals surface area contributed by atoms with Crippen LogP contribution in [-0.2, 0) is 6.54 Å².